The number of unbranched alkanes of at least 4 members (excludes halogenated alkanes) is 1. The van der Waals surface area contributed by atoms with E-state index in [0.29, 0.717) is 52.2 Å². The van der Waals surface area contributed by atoms with E-state index < -0.39 is 22.6 Å². The Hall–Kier alpha value is -1.88. The van der Waals surface area contributed by atoms with E-state index >= 15 is 0 Å². The number of carbonyl (C=O) groups is 3. The molecule has 4 rings (SSSR count). The first-order valence-corrected chi connectivity index (χ1v) is 14.4. The fourth-order valence-electron chi connectivity index (χ4n) is 6.59. The van der Waals surface area contributed by atoms with E-state index in [1.807, 2.05) is 4.90 Å². The van der Waals surface area contributed by atoms with Crippen LogP contribution in [0.3, 0.4) is 0 Å². The van der Waals surface area contributed by atoms with Crippen LogP contribution in [0.25, 0.3) is 0 Å². The number of morpholine rings is 1. The summed E-state index contributed by atoms with van der Waals surface area (Å²) in [6.07, 6.45) is 6.21. The SMILES string of the molecule is C=CCN(C)C(=O)[C@@H]1[C@H]2C(=O)N(CCCCO)C(C(=O)N(CC=C)CCN3CCOCC3)C23CC[C@H]1S3. The largest absolute Gasteiger partial charge is 0.396 e. The van der Waals surface area contributed by atoms with Crippen LogP contribution in [-0.4, -0.2) is 131 Å². The van der Waals surface area contributed by atoms with E-state index in [4.69, 9.17) is 4.74 Å². The van der Waals surface area contributed by atoms with Gasteiger partial charge in [0.15, 0.2) is 0 Å². The van der Waals surface area contributed by atoms with E-state index in [1.165, 1.54) is 0 Å². The van der Waals surface area contributed by atoms with Gasteiger partial charge < -0.3 is 24.5 Å². The Bertz CT molecular complexity index is 881. The second kappa shape index (κ2) is 12.3. The number of fused-ring (bicyclic) bond motifs is 1. The highest BCUT2D eigenvalue weighted by atomic mass is 32.2. The average molecular weight is 535 g/mol. The van der Waals surface area contributed by atoms with Crippen LogP contribution < -0.4 is 0 Å². The number of aliphatic hydroxyl groups excluding tert-OH is 1. The van der Waals surface area contributed by atoms with E-state index in [-0.39, 0.29) is 29.6 Å². The van der Waals surface area contributed by atoms with Gasteiger partial charge >= 0.3 is 0 Å². The topological polar surface area (TPSA) is 93.6 Å². The van der Waals surface area contributed by atoms with E-state index in [9.17, 15) is 19.5 Å². The molecule has 4 aliphatic rings. The average Bonchev–Trinajstić information content (AvgIpc) is 3.54. The van der Waals surface area contributed by atoms with Crippen LogP contribution in [0.5, 0.6) is 0 Å². The van der Waals surface area contributed by atoms with Gasteiger partial charge in [0.2, 0.25) is 17.7 Å². The first-order chi connectivity index (χ1) is 17.9. The molecule has 0 aliphatic carbocycles. The van der Waals surface area contributed by atoms with Crippen LogP contribution in [0.1, 0.15) is 25.7 Å². The van der Waals surface area contributed by atoms with E-state index in [1.54, 1.807) is 40.8 Å². The second-order valence-electron chi connectivity index (χ2n) is 10.6. The summed E-state index contributed by atoms with van der Waals surface area (Å²) in [5.74, 6) is -1.08. The number of thioether (sulfide) groups is 1. The molecule has 0 aromatic heterocycles. The van der Waals surface area contributed by atoms with E-state index in [0.717, 1.165) is 32.5 Å². The maximum atomic E-state index is 14.3. The van der Waals surface area contributed by atoms with Gasteiger partial charge in [-0.1, -0.05) is 12.2 Å². The molecule has 4 heterocycles. The van der Waals surface area contributed by atoms with Crippen molar-refractivity contribution in [3.63, 3.8) is 0 Å². The third kappa shape index (κ3) is 5.35. The Morgan fingerprint density at radius 3 is 2.57 bits per heavy atom. The summed E-state index contributed by atoms with van der Waals surface area (Å²) in [6.45, 7) is 13.3. The van der Waals surface area contributed by atoms with Gasteiger partial charge in [0.05, 0.1) is 29.8 Å². The van der Waals surface area contributed by atoms with Crippen molar-refractivity contribution in [2.24, 2.45) is 11.8 Å². The molecule has 4 fully saturated rings. The van der Waals surface area contributed by atoms with Crippen LogP contribution in [0.15, 0.2) is 25.3 Å². The van der Waals surface area contributed by atoms with Gasteiger partial charge in [-0.2, -0.15) is 0 Å². The number of nitrogens with zero attached hydrogens (tertiary/aromatic N) is 4. The predicted molar refractivity (Wildman–Crippen MR) is 144 cm³/mol. The fourth-order valence-corrected chi connectivity index (χ4v) is 8.80. The summed E-state index contributed by atoms with van der Waals surface area (Å²) in [5.41, 5.74) is 0. The van der Waals surface area contributed by atoms with Crippen molar-refractivity contribution in [1.82, 2.24) is 19.6 Å². The van der Waals surface area contributed by atoms with Crippen molar-refractivity contribution in [3.8, 4) is 0 Å². The minimum absolute atomic E-state index is 0.0315. The molecule has 1 N–H and O–H groups in total. The van der Waals surface area contributed by atoms with Gasteiger partial charge in [-0.3, -0.25) is 19.3 Å². The Morgan fingerprint density at radius 2 is 1.89 bits per heavy atom. The van der Waals surface area contributed by atoms with Crippen LogP contribution in [0.4, 0.5) is 0 Å². The summed E-state index contributed by atoms with van der Waals surface area (Å²) in [5, 5.41) is 9.40. The van der Waals surface area contributed by atoms with Gasteiger partial charge in [-0.25, -0.2) is 0 Å². The molecule has 3 amide bonds. The standard InChI is InChI=1S/C27H42N4O5S/c1-4-10-28(3)24(33)21-20-8-9-27(37-20)22(21)25(34)31(12-6-7-17-32)23(27)26(35)30(11-5-2)14-13-29-15-18-36-19-16-29/h4-5,20-23,32H,1-2,6-19H2,3H3/t20-,21+,22+,23?,27?/m1/s1. The van der Waals surface area contributed by atoms with Gasteiger partial charge in [-0.15, -0.1) is 24.9 Å². The number of hydrogen-bond donors (Lipinski definition) is 1. The zero-order valence-corrected chi connectivity index (χ0v) is 22.9. The summed E-state index contributed by atoms with van der Waals surface area (Å²) in [4.78, 5) is 49.3. The number of aliphatic hydroxyl groups is 1. The lowest BCUT2D eigenvalue weighted by molar-refractivity contribution is -0.144. The van der Waals surface area contributed by atoms with Gasteiger partial charge in [0, 0.05) is 64.7 Å². The van der Waals surface area contributed by atoms with Gasteiger partial charge in [0.25, 0.3) is 0 Å². The molecule has 206 valence electrons. The zero-order valence-electron chi connectivity index (χ0n) is 22.1. The second-order valence-corrected chi connectivity index (χ2v) is 12.2. The van der Waals surface area contributed by atoms with Crippen molar-refractivity contribution in [3.05, 3.63) is 25.3 Å². The van der Waals surface area contributed by atoms with Crippen LogP contribution >= 0.6 is 11.8 Å². The molecule has 2 unspecified atom stereocenters. The number of likely N-dealkylation sites (tertiary alicyclic amines) is 1. The minimum Gasteiger partial charge on any atom is -0.396 e. The third-order valence-corrected chi connectivity index (χ3v) is 10.3. The molecular weight excluding hydrogens is 492 g/mol. The highest BCUT2D eigenvalue weighted by Crippen LogP contribution is 2.66. The number of carbonyl (C=O) groups excluding carboxylic acids is 3. The van der Waals surface area contributed by atoms with Crippen LogP contribution in [-0.2, 0) is 19.1 Å². The summed E-state index contributed by atoms with van der Waals surface area (Å²) < 4.78 is 4.87. The number of amides is 3. The van der Waals surface area contributed by atoms with Gasteiger partial charge in [0.1, 0.15) is 6.04 Å². The molecule has 0 aromatic rings. The number of ether oxygens (including phenoxy) is 1. The summed E-state index contributed by atoms with van der Waals surface area (Å²) in [6, 6.07) is -0.606. The lowest BCUT2D eigenvalue weighted by Gasteiger charge is -2.38. The molecule has 4 saturated heterocycles. The predicted octanol–water partition coefficient (Wildman–Crippen LogP) is 0.841. The van der Waals surface area contributed by atoms with E-state index in [2.05, 4.69) is 18.1 Å². The smallest absolute Gasteiger partial charge is 0.247 e. The van der Waals surface area contributed by atoms with Crippen molar-refractivity contribution in [2.45, 2.75) is 41.7 Å². The lowest BCUT2D eigenvalue weighted by Crippen LogP contribution is -2.56. The number of likely N-dealkylation sites (N-methyl/N-ethyl adjacent to an activating group) is 1. The first kappa shape index (κ1) is 28.1. The molecule has 37 heavy (non-hydrogen) atoms. The first-order valence-electron chi connectivity index (χ1n) is 13.5. The molecule has 10 heteroatoms. The number of rotatable bonds is 13. The summed E-state index contributed by atoms with van der Waals surface area (Å²) >= 11 is 1.70. The van der Waals surface area contributed by atoms with Crippen molar-refractivity contribution < 1.29 is 24.2 Å². The van der Waals surface area contributed by atoms with Crippen molar-refractivity contribution in [2.75, 3.05) is 72.7 Å². The van der Waals surface area contributed by atoms with Gasteiger partial charge in [-0.05, 0) is 25.7 Å². The molecule has 1 spiro atoms. The molecule has 0 saturated carbocycles. The molecule has 0 aromatic carbocycles. The molecule has 2 bridgehead atoms. The van der Waals surface area contributed by atoms with Crippen molar-refractivity contribution in [1.29, 1.82) is 0 Å². The molecule has 9 nitrogen and oxygen atoms in total. The summed E-state index contributed by atoms with van der Waals surface area (Å²) in [7, 11) is 1.76. The monoisotopic (exact) mass is 534 g/mol. The molecule has 5 atom stereocenters. The minimum atomic E-state index is -0.606. The normalized spacial score (nSPS) is 30.9. The highest BCUT2D eigenvalue weighted by molar-refractivity contribution is 8.02. The molecule has 0 radical (unpaired) electrons. The Kier molecular flexibility index (Phi) is 9.37. The maximum absolute atomic E-state index is 14.3. The third-order valence-electron chi connectivity index (χ3n) is 8.36. The Balaban J connectivity index is 1.61. The molecular formula is C27H42N4O5S. The lowest BCUT2D eigenvalue weighted by atomic mass is 9.70. The zero-order chi connectivity index (χ0) is 26.6. The highest BCUT2D eigenvalue weighted by Gasteiger charge is 2.73. The number of hydrogen-bond acceptors (Lipinski definition) is 7. The maximum Gasteiger partial charge on any atom is 0.247 e. The van der Waals surface area contributed by atoms with Crippen molar-refractivity contribution >= 4 is 29.5 Å². The molecule has 4 aliphatic heterocycles. The Labute approximate surface area is 224 Å². The quantitative estimate of drug-likeness (QED) is 0.277. The fraction of sp³-hybridized carbons (Fsp3) is 0.741. The Morgan fingerprint density at radius 1 is 1.16 bits per heavy atom. The van der Waals surface area contributed by atoms with Crippen LogP contribution in [0, 0.1) is 11.8 Å². The van der Waals surface area contributed by atoms with Crippen LogP contribution in [0.2, 0.25) is 0 Å².